The van der Waals surface area contributed by atoms with Crippen molar-refractivity contribution >= 4 is 28.8 Å². The van der Waals surface area contributed by atoms with E-state index in [9.17, 15) is 18.0 Å². The van der Waals surface area contributed by atoms with Crippen molar-refractivity contribution in [2.75, 3.05) is 5.32 Å². The molecule has 0 aliphatic carbocycles. The van der Waals surface area contributed by atoms with Crippen LogP contribution in [0.25, 0.3) is 0 Å². The average molecular weight is 304 g/mol. The number of carbonyl (C=O) groups is 1. The van der Waals surface area contributed by atoms with Crippen LogP contribution in [0.15, 0.2) is 12.1 Å². The summed E-state index contributed by atoms with van der Waals surface area (Å²) in [5.74, 6) is -4.92. The summed E-state index contributed by atoms with van der Waals surface area (Å²) in [6.07, 6.45) is 0.688. The SMILES string of the molecule is CCC(CC)(C(=O)Nc1cc(F)c(F)c(F)c1)C(N)=S. The van der Waals surface area contributed by atoms with Gasteiger partial charge in [-0.3, -0.25) is 4.79 Å². The van der Waals surface area contributed by atoms with Crippen LogP contribution in [-0.2, 0) is 4.79 Å². The molecule has 0 spiro atoms. The maximum Gasteiger partial charge on any atom is 0.237 e. The minimum atomic E-state index is -1.59. The normalized spacial score (nSPS) is 11.2. The summed E-state index contributed by atoms with van der Waals surface area (Å²) in [6, 6.07) is 1.40. The Bertz CT molecular complexity index is 521. The quantitative estimate of drug-likeness (QED) is 0.649. The predicted molar refractivity (Wildman–Crippen MR) is 74.7 cm³/mol. The first-order valence-electron chi connectivity index (χ1n) is 6.04. The molecule has 0 aromatic heterocycles. The maximum absolute atomic E-state index is 13.1. The van der Waals surface area contributed by atoms with Crippen molar-refractivity contribution in [3.8, 4) is 0 Å². The van der Waals surface area contributed by atoms with Crippen molar-refractivity contribution in [2.24, 2.45) is 11.1 Å². The zero-order valence-electron chi connectivity index (χ0n) is 11.1. The molecule has 1 rings (SSSR count). The number of rotatable bonds is 5. The van der Waals surface area contributed by atoms with Crippen LogP contribution >= 0.6 is 12.2 Å². The molecule has 110 valence electrons. The van der Waals surface area contributed by atoms with Gasteiger partial charge in [-0.25, -0.2) is 13.2 Å². The molecule has 0 aliphatic rings. The molecule has 0 saturated carbocycles. The molecule has 0 saturated heterocycles. The minimum Gasteiger partial charge on any atom is -0.392 e. The molecule has 0 fully saturated rings. The number of nitrogens with one attached hydrogen (secondary N) is 1. The van der Waals surface area contributed by atoms with E-state index < -0.39 is 28.8 Å². The molecule has 0 heterocycles. The Hall–Kier alpha value is -1.63. The van der Waals surface area contributed by atoms with Crippen molar-refractivity contribution in [1.82, 2.24) is 0 Å². The number of anilines is 1. The summed E-state index contributed by atoms with van der Waals surface area (Å²) in [5.41, 5.74) is 4.31. The summed E-state index contributed by atoms with van der Waals surface area (Å²) in [4.78, 5) is 12.2. The van der Waals surface area contributed by atoms with E-state index in [1.54, 1.807) is 13.8 Å². The highest BCUT2D eigenvalue weighted by atomic mass is 32.1. The van der Waals surface area contributed by atoms with Crippen LogP contribution in [0.5, 0.6) is 0 Å². The third-order valence-corrected chi connectivity index (χ3v) is 3.75. The molecule has 3 nitrogen and oxygen atoms in total. The van der Waals surface area contributed by atoms with Crippen LogP contribution in [0.2, 0.25) is 0 Å². The van der Waals surface area contributed by atoms with Gasteiger partial charge in [0.1, 0.15) is 0 Å². The van der Waals surface area contributed by atoms with Gasteiger partial charge in [-0.05, 0) is 12.8 Å². The van der Waals surface area contributed by atoms with Gasteiger partial charge < -0.3 is 11.1 Å². The van der Waals surface area contributed by atoms with Crippen LogP contribution in [0, 0.1) is 22.9 Å². The first-order valence-corrected chi connectivity index (χ1v) is 6.45. The van der Waals surface area contributed by atoms with Crippen molar-refractivity contribution < 1.29 is 18.0 Å². The third-order valence-electron chi connectivity index (χ3n) is 3.36. The molecule has 1 aromatic carbocycles. The van der Waals surface area contributed by atoms with Crippen LogP contribution < -0.4 is 11.1 Å². The zero-order valence-corrected chi connectivity index (χ0v) is 11.9. The summed E-state index contributed by atoms with van der Waals surface area (Å²) in [5, 5.41) is 2.32. The highest BCUT2D eigenvalue weighted by molar-refractivity contribution is 7.80. The molecule has 0 radical (unpaired) electrons. The maximum atomic E-state index is 13.1. The van der Waals surface area contributed by atoms with E-state index in [0.717, 1.165) is 0 Å². The van der Waals surface area contributed by atoms with Crippen molar-refractivity contribution in [1.29, 1.82) is 0 Å². The Morgan fingerprint density at radius 3 is 2.05 bits per heavy atom. The van der Waals surface area contributed by atoms with E-state index in [-0.39, 0.29) is 10.7 Å². The largest absolute Gasteiger partial charge is 0.392 e. The summed E-state index contributed by atoms with van der Waals surface area (Å²) in [7, 11) is 0. The molecule has 1 aromatic rings. The number of benzene rings is 1. The molecule has 0 bridgehead atoms. The van der Waals surface area contributed by atoms with E-state index in [2.05, 4.69) is 5.32 Å². The number of carbonyl (C=O) groups excluding carboxylic acids is 1. The Morgan fingerprint density at radius 1 is 1.25 bits per heavy atom. The van der Waals surface area contributed by atoms with E-state index in [0.29, 0.717) is 25.0 Å². The van der Waals surface area contributed by atoms with E-state index in [1.165, 1.54) is 0 Å². The van der Waals surface area contributed by atoms with Gasteiger partial charge in [0.05, 0.1) is 10.4 Å². The van der Waals surface area contributed by atoms with Crippen molar-refractivity contribution in [2.45, 2.75) is 26.7 Å². The number of halogens is 3. The second kappa shape index (κ2) is 6.21. The summed E-state index contributed by atoms with van der Waals surface area (Å²) >= 11 is 4.90. The van der Waals surface area contributed by atoms with Crippen molar-refractivity contribution in [3.63, 3.8) is 0 Å². The molecule has 20 heavy (non-hydrogen) atoms. The van der Waals surface area contributed by atoms with Crippen LogP contribution in [0.4, 0.5) is 18.9 Å². The van der Waals surface area contributed by atoms with Gasteiger partial charge in [0, 0.05) is 17.8 Å². The minimum absolute atomic E-state index is 0.00283. The molecular weight excluding hydrogens is 289 g/mol. The van der Waals surface area contributed by atoms with Gasteiger partial charge in [0.2, 0.25) is 5.91 Å². The predicted octanol–water partition coefficient (Wildman–Crippen LogP) is 3.13. The Balaban J connectivity index is 3.09. The molecule has 3 N–H and O–H groups in total. The van der Waals surface area contributed by atoms with Gasteiger partial charge in [-0.2, -0.15) is 0 Å². The number of nitrogens with two attached hydrogens (primary N) is 1. The second-order valence-corrected chi connectivity index (χ2v) is 4.80. The monoisotopic (exact) mass is 304 g/mol. The van der Waals surface area contributed by atoms with E-state index >= 15 is 0 Å². The Kier molecular flexibility index (Phi) is 5.10. The Morgan fingerprint density at radius 2 is 1.70 bits per heavy atom. The van der Waals surface area contributed by atoms with Gasteiger partial charge in [0.25, 0.3) is 0 Å². The van der Waals surface area contributed by atoms with Gasteiger partial charge in [-0.15, -0.1) is 0 Å². The number of hydrogen-bond acceptors (Lipinski definition) is 2. The lowest BCUT2D eigenvalue weighted by Crippen LogP contribution is -2.45. The van der Waals surface area contributed by atoms with Crippen LogP contribution in [-0.4, -0.2) is 10.9 Å². The van der Waals surface area contributed by atoms with E-state index in [1.807, 2.05) is 0 Å². The zero-order chi connectivity index (χ0) is 15.5. The first-order chi connectivity index (χ1) is 9.28. The fourth-order valence-corrected chi connectivity index (χ4v) is 2.29. The smallest absolute Gasteiger partial charge is 0.237 e. The standard InChI is InChI=1S/C13H15F3N2OS/c1-3-13(4-2,11(17)20)12(19)18-7-5-8(14)10(16)9(15)6-7/h5-6H,3-4H2,1-2H3,(H2,17,20)(H,18,19). The second-order valence-electron chi connectivity index (χ2n) is 4.36. The number of hydrogen-bond donors (Lipinski definition) is 2. The number of thiocarbonyl (C=S) groups is 1. The van der Waals surface area contributed by atoms with Crippen LogP contribution in [0.1, 0.15) is 26.7 Å². The van der Waals surface area contributed by atoms with E-state index in [4.69, 9.17) is 18.0 Å². The lowest BCUT2D eigenvalue weighted by atomic mass is 9.81. The Labute approximate surface area is 120 Å². The molecule has 1 amide bonds. The highest BCUT2D eigenvalue weighted by Crippen LogP contribution is 2.29. The topological polar surface area (TPSA) is 55.1 Å². The average Bonchev–Trinajstić information content (AvgIpc) is 2.37. The van der Waals surface area contributed by atoms with Gasteiger partial charge in [0.15, 0.2) is 17.5 Å². The summed E-state index contributed by atoms with van der Waals surface area (Å²) in [6.45, 7) is 3.46. The first kappa shape index (κ1) is 16.4. The molecule has 0 atom stereocenters. The molecule has 7 heteroatoms. The lowest BCUT2D eigenvalue weighted by molar-refractivity contribution is -0.122. The fraction of sp³-hybridized carbons (Fsp3) is 0.385. The molecular formula is C13H15F3N2OS. The number of amides is 1. The van der Waals surface area contributed by atoms with Gasteiger partial charge >= 0.3 is 0 Å². The summed E-state index contributed by atoms with van der Waals surface area (Å²) < 4.78 is 39.0. The van der Waals surface area contributed by atoms with Crippen LogP contribution in [0.3, 0.4) is 0 Å². The third kappa shape index (κ3) is 2.92. The lowest BCUT2D eigenvalue weighted by Gasteiger charge is -2.28. The van der Waals surface area contributed by atoms with Gasteiger partial charge in [-0.1, -0.05) is 26.1 Å². The highest BCUT2D eigenvalue weighted by Gasteiger charge is 2.38. The molecule has 0 unspecified atom stereocenters. The molecule has 0 aliphatic heterocycles. The fourth-order valence-electron chi connectivity index (χ4n) is 1.91. The van der Waals surface area contributed by atoms with Crippen molar-refractivity contribution in [3.05, 3.63) is 29.6 Å².